The van der Waals surface area contributed by atoms with E-state index in [4.69, 9.17) is 0 Å². The average molecular weight is 272 g/mol. The van der Waals surface area contributed by atoms with Gasteiger partial charge in [-0.15, -0.1) is 0 Å². The molecule has 0 bridgehead atoms. The number of nitrogens with one attached hydrogen (secondary N) is 2. The van der Waals surface area contributed by atoms with Gasteiger partial charge in [0.2, 0.25) is 0 Å². The SMILES string of the molecule is CC(NNC(C)(C)C)c1ccc(Br)nc1. The highest BCUT2D eigenvalue weighted by atomic mass is 79.9. The van der Waals surface area contributed by atoms with Crippen molar-refractivity contribution in [2.24, 2.45) is 0 Å². The second-order valence-corrected chi connectivity index (χ2v) is 5.47. The molecule has 1 rings (SSSR count). The molecule has 0 aliphatic rings. The Morgan fingerprint density at radius 2 is 2.00 bits per heavy atom. The zero-order valence-electron chi connectivity index (χ0n) is 9.63. The molecule has 1 heterocycles. The van der Waals surface area contributed by atoms with E-state index in [9.17, 15) is 0 Å². The summed E-state index contributed by atoms with van der Waals surface area (Å²) in [7, 11) is 0. The van der Waals surface area contributed by atoms with E-state index in [2.05, 4.69) is 65.5 Å². The fraction of sp³-hybridized carbons (Fsp3) is 0.545. The molecule has 4 heteroatoms. The van der Waals surface area contributed by atoms with Crippen LogP contribution in [0.15, 0.2) is 22.9 Å². The molecule has 0 saturated heterocycles. The molecular formula is C11H18BrN3. The minimum atomic E-state index is 0.0665. The van der Waals surface area contributed by atoms with E-state index in [0.717, 1.165) is 10.2 Å². The van der Waals surface area contributed by atoms with E-state index < -0.39 is 0 Å². The summed E-state index contributed by atoms with van der Waals surface area (Å²) in [6.07, 6.45) is 1.87. The maximum absolute atomic E-state index is 4.19. The number of aromatic nitrogens is 1. The van der Waals surface area contributed by atoms with Crippen molar-refractivity contribution in [2.75, 3.05) is 0 Å². The summed E-state index contributed by atoms with van der Waals surface area (Å²) < 4.78 is 0.863. The van der Waals surface area contributed by atoms with Gasteiger partial charge >= 0.3 is 0 Å². The molecular weight excluding hydrogens is 254 g/mol. The molecule has 1 unspecified atom stereocenters. The zero-order valence-corrected chi connectivity index (χ0v) is 11.2. The van der Waals surface area contributed by atoms with Gasteiger partial charge in [0.05, 0.1) is 0 Å². The molecule has 1 atom stereocenters. The molecule has 1 aromatic heterocycles. The smallest absolute Gasteiger partial charge is 0.106 e. The molecule has 0 radical (unpaired) electrons. The average Bonchev–Trinajstić information content (AvgIpc) is 2.14. The summed E-state index contributed by atoms with van der Waals surface area (Å²) in [5.74, 6) is 0. The number of halogens is 1. The first-order chi connectivity index (χ1) is 6.88. The zero-order chi connectivity index (χ0) is 11.5. The lowest BCUT2D eigenvalue weighted by Crippen LogP contribution is -2.46. The van der Waals surface area contributed by atoms with Crippen LogP contribution in [-0.2, 0) is 0 Å². The first-order valence-electron chi connectivity index (χ1n) is 5.02. The Morgan fingerprint density at radius 3 is 2.47 bits per heavy atom. The van der Waals surface area contributed by atoms with Crippen LogP contribution in [0.2, 0.25) is 0 Å². The lowest BCUT2D eigenvalue weighted by Gasteiger charge is -2.24. The Morgan fingerprint density at radius 1 is 1.33 bits per heavy atom. The summed E-state index contributed by atoms with van der Waals surface area (Å²) in [6.45, 7) is 8.45. The molecule has 0 fully saturated rings. The van der Waals surface area contributed by atoms with Gasteiger partial charge in [0.1, 0.15) is 4.60 Å². The Bertz CT molecular complexity index is 303. The molecule has 0 aliphatic heterocycles. The monoisotopic (exact) mass is 271 g/mol. The Kier molecular flexibility index (Phi) is 4.25. The highest BCUT2D eigenvalue weighted by Gasteiger charge is 2.11. The van der Waals surface area contributed by atoms with E-state index >= 15 is 0 Å². The second-order valence-electron chi connectivity index (χ2n) is 4.66. The lowest BCUT2D eigenvalue weighted by atomic mass is 10.1. The quantitative estimate of drug-likeness (QED) is 0.656. The fourth-order valence-electron chi connectivity index (χ4n) is 1.05. The van der Waals surface area contributed by atoms with Crippen molar-refractivity contribution >= 4 is 15.9 Å². The van der Waals surface area contributed by atoms with Gasteiger partial charge in [-0.2, -0.15) is 0 Å². The summed E-state index contributed by atoms with van der Waals surface area (Å²) in [5, 5.41) is 0. The van der Waals surface area contributed by atoms with Crippen LogP contribution in [0.25, 0.3) is 0 Å². The fourth-order valence-corrected chi connectivity index (χ4v) is 1.29. The van der Waals surface area contributed by atoms with E-state index in [1.165, 1.54) is 0 Å². The van der Waals surface area contributed by atoms with Crippen molar-refractivity contribution < 1.29 is 0 Å². The van der Waals surface area contributed by atoms with Gasteiger partial charge in [-0.3, -0.25) is 10.9 Å². The summed E-state index contributed by atoms with van der Waals surface area (Å²) in [6, 6.07) is 4.24. The maximum atomic E-state index is 4.19. The highest BCUT2D eigenvalue weighted by Crippen LogP contribution is 2.13. The normalized spacial score (nSPS) is 13.9. The third-order valence-electron chi connectivity index (χ3n) is 1.91. The van der Waals surface area contributed by atoms with E-state index in [1.807, 2.05) is 12.3 Å². The number of pyridine rings is 1. The predicted octanol–water partition coefficient (Wildman–Crippen LogP) is 2.80. The van der Waals surface area contributed by atoms with Crippen molar-refractivity contribution in [3.8, 4) is 0 Å². The number of hydrazine groups is 1. The third-order valence-corrected chi connectivity index (χ3v) is 2.38. The molecule has 1 aromatic rings. The minimum Gasteiger partial charge on any atom is -0.252 e. The minimum absolute atomic E-state index is 0.0665. The van der Waals surface area contributed by atoms with Gasteiger partial charge in [0.25, 0.3) is 0 Å². The van der Waals surface area contributed by atoms with Crippen LogP contribution >= 0.6 is 15.9 Å². The van der Waals surface area contributed by atoms with Crippen molar-refractivity contribution in [1.29, 1.82) is 0 Å². The van der Waals surface area contributed by atoms with Crippen LogP contribution in [0.3, 0.4) is 0 Å². The largest absolute Gasteiger partial charge is 0.252 e. The highest BCUT2D eigenvalue weighted by molar-refractivity contribution is 9.10. The van der Waals surface area contributed by atoms with Gasteiger partial charge in [0, 0.05) is 17.8 Å². The van der Waals surface area contributed by atoms with E-state index in [1.54, 1.807) is 0 Å². The van der Waals surface area contributed by atoms with Crippen LogP contribution in [0.5, 0.6) is 0 Å². The van der Waals surface area contributed by atoms with Crippen molar-refractivity contribution in [3.05, 3.63) is 28.5 Å². The number of hydrogen-bond acceptors (Lipinski definition) is 3. The first-order valence-corrected chi connectivity index (χ1v) is 5.82. The standard InChI is InChI=1S/C11H18BrN3/c1-8(14-15-11(2,3)4)9-5-6-10(12)13-7-9/h5-8,14-15H,1-4H3. The molecule has 0 saturated carbocycles. The van der Waals surface area contributed by atoms with Crippen LogP contribution in [0, 0.1) is 0 Å². The van der Waals surface area contributed by atoms with Crippen molar-refractivity contribution in [2.45, 2.75) is 39.3 Å². The second kappa shape index (κ2) is 5.05. The van der Waals surface area contributed by atoms with Gasteiger partial charge in [-0.25, -0.2) is 4.98 Å². The Labute approximate surface area is 99.8 Å². The summed E-state index contributed by atoms with van der Waals surface area (Å²) >= 11 is 3.32. The van der Waals surface area contributed by atoms with Crippen LogP contribution < -0.4 is 10.9 Å². The van der Waals surface area contributed by atoms with E-state index in [0.29, 0.717) is 0 Å². The molecule has 0 aliphatic carbocycles. The summed E-state index contributed by atoms with van der Waals surface area (Å²) in [4.78, 5) is 4.19. The lowest BCUT2D eigenvalue weighted by molar-refractivity contribution is 0.327. The topological polar surface area (TPSA) is 37.0 Å². The molecule has 84 valence electrons. The van der Waals surface area contributed by atoms with Crippen LogP contribution in [0.4, 0.5) is 0 Å². The van der Waals surface area contributed by atoms with Gasteiger partial charge in [0.15, 0.2) is 0 Å². The number of hydrogen-bond donors (Lipinski definition) is 2. The molecule has 0 aromatic carbocycles. The molecule has 0 spiro atoms. The number of rotatable bonds is 3. The first kappa shape index (κ1) is 12.6. The van der Waals surface area contributed by atoms with Gasteiger partial charge < -0.3 is 0 Å². The van der Waals surface area contributed by atoms with Crippen LogP contribution in [-0.4, -0.2) is 10.5 Å². The van der Waals surface area contributed by atoms with E-state index in [-0.39, 0.29) is 11.6 Å². The maximum Gasteiger partial charge on any atom is 0.106 e. The van der Waals surface area contributed by atoms with Crippen molar-refractivity contribution in [1.82, 2.24) is 15.8 Å². The number of nitrogens with zero attached hydrogens (tertiary/aromatic N) is 1. The summed E-state index contributed by atoms with van der Waals surface area (Å²) in [5.41, 5.74) is 7.73. The molecule has 15 heavy (non-hydrogen) atoms. The Hall–Kier alpha value is -0.450. The van der Waals surface area contributed by atoms with Gasteiger partial charge in [-0.05, 0) is 55.3 Å². The third kappa shape index (κ3) is 4.73. The van der Waals surface area contributed by atoms with Crippen molar-refractivity contribution in [3.63, 3.8) is 0 Å². The van der Waals surface area contributed by atoms with Gasteiger partial charge in [-0.1, -0.05) is 6.07 Å². The molecule has 0 amide bonds. The molecule has 3 nitrogen and oxygen atoms in total. The Balaban J connectivity index is 2.54. The predicted molar refractivity (Wildman–Crippen MR) is 66.4 cm³/mol. The molecule has 2 N–H and O–H groups in total. The van der Waals surface area contributed by atoms with Crippen LogP contribution in [0.1, 0.15) is 39.3 Å².